The van der Waals surface area contributed by atoms with Crippen LogP contribution in [0.15, 0.2) is 12.4 Å². The number of nitrogens with one attached hydrogen (secondary N) is 1. The van der Waals surface area contributed by atoms with Gasteiger partial charge < -0.3 is 5.32 Å². The SMILES string of the molecule is Cc1cc(NCC(C)S(C)=O)n2ncnc2n1. The highest BCUT2D eigenvalue weighted by Crippen LogP contribution is 2.10. The van der Waals surface area contributed by atoms with Gasteiger partial charge in [-0.15, -0.1) is 0 Å². The van der Waals surface area contributed by atoms with Crippen molar-refractivity contribution in [2.24, 2.45) is 0 Å². The van der Waals surface area contributed by atoms with Crippen molar-refractivity contribution in [2.75, 3.05) is 18.1 Å². The predicted molar refractivity (Wildman–Crippen MR) is 67.5 cm³/mol. The Morgan fingerprint density at radius 3 is 3.06 bits per heavy atom. The molecule has 0 aromatic carbocycles. The monoisotopic (exact) mass is 253 g/mol. The predicted octanol–water partition coefficient (Wildman–Crippen LogP) is 0.612. The Labute approximate surface area is 102 Å². The lowest BCUT2D eigenvalue weighted by Crippen LogP contribution is -2.22. The van der Waals surface area contributed by atoms with Gasteiger partial charge in [-0.05, 0) is 13.8 Å². The first-order valence-corrected chi connectivity index (χ1v) is 6.93. The summed E-state index contributed by atoms with van der Waals surface area (Å²) in [6, 6.07) is 1.90. The van der Waals surface area contributed by atoms with Crippen LogP contribution >= 0.6 is 0 Å². The zero-order valence-electron chi connectivity index (χ0n) is 10.0. The average Bonchev–Trinajstić information content (AvgIpc) is 2.72. The first-order chi connectivity index (χ1) is 8.08. The number of hydrogen-bond donors (Lipinski definition) is 1. The highest BCUT2D eigenvalue weighted by molar-refractivity contribution is 7.84. The Balaban J connectivity index is 2.23. The van der Waals surface area contributed by atoms with Gasteiger partial charge in [0.05, 0.1) is 0 Å². The second-order valence-corrected chi connectivity index (χ2v) is 5.75. The summed E-state index contributed by atoms with van der Waals surface area (Å²) in [7, 11) is -0.837. The first kappa shape index (κ1) is 12.0. The molecule has 2 heterocycles. The summed E-state index contributed by atoms with van der Waals surface area (Å²) in [5, 5.41) is 7.40. The van der Waals surface area contributed by atoms with E-state index in [-0.39, 0.29) is 5.25 Å². The molecule has 7 heteroatoms. The van der Waals surface area contributed by atoms with E-state index in [9.17, 15) is 4.21 Å². The number of aryl methyl sites for hydroxylation is 1. The van der Waals surface area contributed by atoms with Crippen molar-refractivity contribution in [1.82, 2.24) is 19.6 Å². The molecule has 0 aliphatic heterocycles. The van der Waals surface area contributed by atoms with E-state index < -0.39 is 10.8 Å². The molecule has 0 radical (unpaired) electrons. The molecule has 2 aromatic rings. The standard InChI is InChI=1S/C10H15N5OS/c1-7-4-9(11-5-8(2)17(3)16)15-10(14-7)12-6-13-15/h4,6,8,11H,5H2,1-3H3. The van der Waals surface area contributed by atoms with Crippen molar-refractivity contribution in [3.63, 3.8) is 0 Å². The van der Waals surface area contributed by atoms with Gasteiger partial charge in [0.2, 0.25) is 0 Å². The molecule has 0 saturated heterocycles. The minimum Gasteiger partial charge on any atom is -0.369 e. The number of hydrogen-bond acceptors (Lipinski definition) is 5. The largest absolute Gasteiger partial charge is 0.369 e. The lowest BCUT2D eigenvalue weighted by Gasteiger charge is -2.12. The molecule has 92 valence electrons. The molecule has 17 heavy (non-hydrogen) atoms. The molecule has 2 rings (SSSR count). The number of nitrogens with zero attached hydrogens (tertiary/aromatic N) is 4. The average molecular weight is 253 g/mol. The number of fused-ring (bicyclic) bond motifs is 1. The van der Waals surface area contributed by atoms with E-state index in [0.717, 1.165) is 11.5 Å². The van der Waals surface area contributed by atoms with Gasteiger partial charge in [-0.1, -0.05) is 0 Å². The molecule has 0 saturated carbocycles. The molecular formula is C10H15N5OS. The van der Waals surface area contributed by atoms with Crippen molar-refractivity contribution in [3.05, 3.63) is 18.1 Å². The van der Waals surface area contributed by atoms with E-state index in [4.69, 9.17) is 0 Å². The lowest BCUT2D eigenvalue weighted by molar-refractivity contribution is 0.678. The molecule has 0 spiro atoms. The van der Waals surface area contributed by atoms with E-state index in [1.165, 1.54) is 6.33 Å². The van der Waals surface area contributed by atoms with Crippen LogP contribution in [-0.2, 0) is 10.8 Å². The van der Waals surface area contributed by atoms with E-state index in [2.05, 4.69) is 20.4 Å². The smallest absolute Gasteiger partial charge is 0.254 e. The quantitative estimate of drug-likeness (QED) is 0.864. The van der Waals surface area contributed by atoms with Crippen molar-refractivity contribution in [1.29, 1.82) is 0 Å². The Morgan fingerprint density at radius 1 is 1.59 bits per heavy atom. The van der Waals surface area contributed by atoms with E-state index >= 15 is 0 Å². The molecule has 0 bridgehead atoms. The number of anilines is 1. The maximum Gasteiger partial charge on any atom is 0.254 e. The topological polar surface area (TPSA) is 72.2 Å². The third kappa shape index (κ3) is 2.60. The van der Waals surface area contributed by atoms with Crippen molar-refractivity contribution in [2.45, 2.75) is 19.1 Å². The Kier molecular flexibility index (Phi) is 3.37. The minimum absolute atomic E-state index is 0.0852. The fourth-order valence-electron chi connectivity index (χ4n) is 1.42. The summed E-state index contributed by atoms with van der Waals surface area (Å²) in [5.74, 6) is 1.39. The number of aromatic nitrogens is 4. The van der Waals surface area contributed by atoms with Crippen molar-refractivity contribution >= 4 is 22.4 Å². The summed E-state index contributed by atoms with van der Waals surface area (Å²) in [6.45, 7) is 4.47. The van der Waals surface area contributed by atoms with Gasteiger partial charge in [0.1, 0.15) is 12.1 Å². The molecule has 0 fully saturated rings. The van der Waals surface area contributed by atoms with Gasteiger partial charge in [0.25, 0.3) is 5.78 Å². The van der Waals surface area contributed by atoms with Gasteiger partial charge in [-0.2, -0.15) is 14.6 Å². The normalized spacial score (nSPS) is 14.8. The van der Waals surface area contributed by atoms with Crippen LogP contribution in [0.25, 0.3) is 5.78 Å². The zero-order valence-corrected chi connectivity index (χ0v) is 10.9. The van der Waals surface area contributed by atoms with E-state index in [1.807, 2.05) is 19.9 Å². The third-order valence-corrected chi connectivity index (χ3v) is 3.82. The maximum absolute atomic E-state index is 11.3. The van der Waals surface area contributed by atoms with Crippen LogP contribution in [-0.4, -0.2) is 41.8 Å². The number of rotatable bonds is 4. The Morgan fingerprint density at radius 2 is 2.35 bits per heavy atom. The van der Waals surface area contributed by atoms with E-state index in [0.29, 0.717) is 12.3 Å². The first-order valence-electron chi connectivity index (χ1n) is 5.31. The summed E-state index contributed by atoms with van der Waals surface area (Å²) < 4.78 is 12.9. The molecule has 1 N–H and O–H groups in total. The van der Waals surface area contributed by atoms with Crippen LogP contribution in [0.1, 0.15) is 12.6 Å². The molecule has 0 amide bonds. The summed E-state index contributed by atoms with van der Waals surface area (Å²) in [4.78, 5) is 8.29. The molecule has 2 unspecified atom stereocenters. The second-order valence-electron chi connectivity index (χ2n) is 3.94. The van der Waals surface area contributed by atoms with Gasteiger partial charge in [-0.3, -0.25) is 4.21 Å². The van der Waals surface area contributed by atoms with Crippen LogP contribution in [0, 0.1) is 6.92 Å². The molecule has 6 nitrogen and oxygen atoms in total. The minimum atomic E-state index is -0.837. The third-order valence-electron chi connectivity index (χ3n) is 2.52. The van der Waals surface area contributed by atoms with Gasteiger partial charge in [0, 0.05) is 40.6 Å². The van der Waals surface area contributed by atoms with Gasteiger partial charge in [0.15, 0.2) is 0 Å². The van der Waals surface area contributed by atoms with Crippen LogP contribution in [0.5, 0.6) is 0 Å². The van der Waals surface area contributed by atoms with Gasteiger partial charge >= 0.3 is 0 Å². The lowest BCUT2D eigenvalue weighted by atomic mass is 10.4. The highest BCUT2D eigenvalue weighted by atomic mass is 32.2. The van der Waals surface area contributed by atoms with Crippen LogP contribution in [0.3, 0.4) is 0 Å². The molecular weight excluding hydrogens is 238 g/mol. The van der Waals surface area contributed by atoms with Crippen LogP contribution < -0.4 is 5.32 Å². The van der Waals surface area contributed by atoms with Crippen molar-refractivity contribution in [3.8, 4) is 0 Å². The van der Waals surface area contributed by atoms with Gasteiger partial charge in [-0.25, -0.2) is 4.98 Å². The Bertz CT molecular complexity index is 553. The molecule has 0 aliphatic carbocycles. The molecule has 0 aliphatic rings. The van der Waals surface area contributed by atoms with E-state index in [1.54, 1.807) is 10.8 Å². The summed E-state index contributed by atoms with van der Waals surface area (Å²) in [6.07, 6.45) is 3.17. The summed E-state index contributed by atoms with van der Waals surface area (Å²) >= 11 is 0. The molecule has 2 aromatic heterocycles. The summed E-state index contributed by atoms with van der Waals surface area (Å²) in [5.41, 5.74) is 0.873. The van der Waals surface area contributed by atoms with Crippen LogP contribution in [0.4, 0.5) is 5.82 Å². The fraction of sp³-hybridized carbons (Fsp3) is 0.500. The fourth-order valence-corrected chi connectivity index (χ4v) is 1.74. The Hall–Kier alpha value is -1.50. The zero-order chi connectivity index (χ0) is 12.4. The second kappa shape index (κ2) is 4.79. The van der Waals surface area contributed by atoms with Crippen molar-refractivity contribution < 1.29 is 4.21 Å². The highest BCUT2D eigenvalue weighted by Gasteiger charge is 2.09. The maximum atomic E-state index is 11.3. The van der Waals surface area contributed by atoms with Crippen LogP contribution in [0.2, 0.25) is 0 Å². The molecule has 2 atom stereocenters.